The van der Waals surface area contributed by atoms with Crippen molar-refractivity contribution in [1.29, 1.82) is 0 Å². The first-order chi connectivity index (χ1) is 9.41. The number of hydrogen-bond donors (Lipinski definition) is 1. The Hall–Kier alpha value is -0.430. The summed E-state index contributed by atoms with van der Waals surface area (Å²) in [6, 6.07) is 1.80. The van der Waals surface area contributed by atoms with Crippen molar-refractivity contribution in [2.75, 3.05) is 20.1 Å². The Morgan fingerprint density at radius 2 is 2.05 bits per heavy atom. The number of nitrogens with one attached hydrogen (secondary N) is 1. The molecular weight excluding hydrogens is 292 g/mol. The first-order valence-corrected chi connectivity index (χ1v) is 9.45. The highest BCUT2D eigenvalue weighted by molar-refractivity contribution is 7.89. The maximum Gasteiger partial charge on any atom is 0.243 e. The van der Waals surface area contributed by atoms with Crippen LogP contribution in [0.25, 0.3) is 0 Å². The van der Waals surface area contributed by atoms with E-state index in [-0.39, 0.29) is 0 Å². The maximum absolute atomic E-state index is 12.6. The fraction of sp³-hybridized carbons (Fsp3) is 0.714. The topological polar surface area (TPSA) is 49.4 Å². The third-order valence-electron chi connectivity index (χ3n) is 4.40. The van der Waals surface area contributed by atoms with Crippen LogP contribution in [0, 0.1) is 5.41 Å². The molecule has 1 saturated heterocycles. The first kappa shape index (κ1) is 15.9. The molecule has 114 valence electrons. The second-order valence-corrected chi connectivity index (χ2v) is 8.78. The van der Waals surface area contributed by atoms with Crippen molar-refractivity contribution < 1.29 is 8.42 Å². The van der Waals surface area contributed by atoms with Gasteiger partial charge in [-0.25, -0.2) is 8.42 Å². The minimum Gasteiger partial charge on any atom is -0.315 e. The van der Waals surface area contributed by atoms with E-state index in [4.69, 9.17) is 0 Å². The molecule has 1 fully saturated rings. The van der Waals surface area contributed by atoms with Crippen molar-refractivity contribution in [2.24, 2.45) is 5.41 Å². The minimum absolute atomic E-state index is 0.304. The highest BCUT2D eigenvalue weighted by atomic mass is 32.2. The van der Waals surface area contributed by atoms with Crippen molar-refractivity contribution in [3.8, 4) is 0 Å². The number of rotatable bonds is 5. The molecule has 1 aliphatic rings. The standard InChI is InChI=1S/C14H24N2O2S2/c1-4-14(2)5-7-16(8-6-14)20(17,18)13-9-12(10-15-3)19-11-13/h9,11,15H,4-8,10H2,1-3H3. The van der Waals surface area contributed by atoms with Crippen LogP contribution in [0.4, 0.5) is 0 Å². The van der Waals surface area contributed by atoms with Gasteiger partial charge in [0.2, 0.25) is 10.0 Å². The maximum atomic E-state index is 12.6. The van der Waals surface area contributed by atoms with Crippen LogP contribution in [0.1, 0.15) is 38.0 Å². The monoisotopic (exact) mass is 316 g/mol. The molecule has 4 nitrogen and oxygen atoms in total. The highest BCUT2D eigenvalue weighted by Gasteiger charge is 2.34. The quantitative estimate of drug-likeness (QED) is 0.908. The predicted octanol–water partition coefficient (Wildman–Crippen LogP) is 2.67. The van der Waals surface area contributed by atoms with Gasteiger partial charge in [0.15, 0.2) is 0 Å². The van der Waals surface area contributed by atoms with Gasteiger partial charge in [0.05, 0.1) is 4.90 Å². The molecule has 2 heterocycles. The predicted molar refractivity (Wildman–Crippen MR) is 83.5 cm³/mol. The molecule has 0 aromatic carbocycles. The van der Waals surface area contributed by atoms with E-state index in [1.165, 1.54) is 11.3 Å². The number of thiophene rings is 1. The van der Waals surface area contributed by atoms with E-state index in [0.29, 0.717) is 29.9 Å². The van der Waals surface area contributed by atoms with E-state index in [2.05, 4.69) is 19.2 Å². The van der Waals surface area contributed by atoms with E-state index in [1.54, 1.807) is 15.8 Å². The number of piperidine rings is 1. The van der Waals surface area contributed by atoms with E-state index in [0.717, 1.165) is 24.1 Å². The zero-order chi connectivity index (χ0) is 14.8. The molecule has 0 aliphatic carbocycles. The fourth-order valence-electron chi connectivity index (χ4n) is 2.53. The average Bonchev–Trinajstić information content (AvgIpc) is 2.89. The summed E-state index contributed by atoms with van der Waals surface area (Å²) in [6.07, 6.45) is 3.03. The molecule has 20 heavy (non-hydrogen) atoms. The van der Waals surface area contributed by atoms with Crippen molar-refractivity contribution in [3.05, 3.63) is 16.3 Å². The SMILES string of the molecule is CCC1(C)CCN(S(=O)(=O)c2csc(CNC)c2)CC1. The molecule has 0 bridgehead atoms. The van der Waals surface area contributed by atoms with Crippen LogP contribution in [0.15, 0.2) is 16.3 Å². The molecule has 0 radical (unpaired) electrons. The Morgan fingerprint density at radius 3 is 2.60 bits per heavy atom. The van der Waals surface area contributed by atoms with Crippen LogP contribution < -0.4 is 5.32 Å². The van der Waals surface area contributed by atoms with Gasteiger partial charge in [-0.15, -0.1) is 11.3 Å². The zero-order valence-electron chi connectivity index (χ0n) is 12.5. The van der Waals surface area contributed by atoms with Crippen LogP contribution in [0.5, 0.6) is 0 Å². The molecule has 0 unspecified atom stereocenters. The molecular formula is C14H24N2O2S2. The Kier molecular flexibility index (Phi) is 4.89. The van der Waals surface area contributed by atoms with Crippen molar-refractivity contribution >= 4 is 21.4 Å². The number of hydrogen-bond acceptors (Lipinski definition) is 4. The Morgan fingerprint density at radius 1 is 1.40 bits per heavy atom. The van der Waals surface area contributed by atoms with Crippen LogP contribution in [-0.2, 0) is 16.6 Å². The largest absolute Gasteiger partial charge is 0.315 e. The van der Waals surface area contributed by atoms with E-state index >= 15 is 0 Å². The lowest BCUT2D eigenvalue weighted by molar-refractivity contribution is 0.169. The van der Waals surface area contributed by atoms with Crippen LogP contribution >= 0.6 is 11.3 Å². The Balaban J connectivity index is 2.11. The smallest absolute Gasteiger partial charge is 0.243 e. The molecule has 1 aromatic rings. The zero-order valence-corrected chi connectivity index (χ0v) is 14.1. The van der Waals surface area contributed by atoms with Crippen molar-refractivity contribution in [2.45, 2.75) is 44.6 Å². The Labute approximate surface area is 126 Å². The van der Waals surface area contributed by atoms with E-state index in [1.807, 2.05) is 7.05 Å². The van der Waals surface area contributed by atoms with Gasteiger partial charge in [-0.1, -0.05) is 20.3 Å². The second kappa shape index (κ2) is 6.13. The van der Waals surface area contributed by atoms with Gasteiger partial charge in [-0.3, -0.25) is 0 Å². The first-order valence-electron chi connectivity index (χ1n) is 7.13. The average molecular weight is 316 g/mol. The second-order valence-electron chi connectivity index (χ2n) is 5.85. The van der Waals surface area contributed by atoms with Crippen LogP contribution in [0.3, 0.4) is 0 Å². The molecule has 0 amide bonds. The molecule has 0 spiro atoms. The summed E-state index contributed by atoms with van der Waals surface area (Å²) in [5, 5.41) is 4.81. The molecule has 1 aliphatic heterocycles. The number of sulfonamides is 1. The van der Waals surface area contributed by atoms with Gasteiger partial charge >= 0.3 is 0 Å². The number of nitrogens with zero attached hydrogens (tertiary/aromatic N) is 1. The molecule has 6 heteroatoms. The van der Waals surface area contributed by atoms with Gasteiger partial charge in [0.25, 0.3) is 0 Å². The molecule has 1 aromatic heterocycles. The summed E-state index contributed by atoms with van der Waals surface area (Å²) < 4.78 is 26.9. The summed E-state index contributed by atoms with van der Waals surface area (Å²) in [5.41, 5.74) is 0.304. The van der Waals surface area contributed by atoms with Gasteiger partial charge in [-0.2, -0.15) is 4.31 Å². The summed E-state index contributed by atoms with van der Waals surface area (Å²) in [7, 11) is -1.44. The highest BCUT2D eigenvalue weighted by Crippen LogP contribution is 2.36. The van der Waals surface area contributed by atoms with E-state index in [9.17, 15) is 8.42 Å². The third kappa shape index (κ3) is 3.24. The van der Waals surface area contributed by atoms with Gasteiger partial charge in [0.1, 0.15) is 0 Å². The summed E-state index contributed by atoms with van der Waals surface area (Å²) in [6.45, 7) is 6.45. The van der Waals surface area contributed by atoms with E-state index < -0.39 is 10.0 Å². The van der Waals surface area contributed by atoms with Gasteiger partial charge in [0, 0.05) is 29.9 Å². The van der Waals surface area contributed by atoms with Gasteiger partial charge < -0.3 is 5.32 Å². The minimum atomic E-state index is -3.30. The molecule has 1 N–H and O–H groups in total. The van der Waals surface area contributed by atoms with Crippen LogP contribution in [-0.4, -0.2) is 32.9 Å². The normalized spacial score (nSPS) is 20.1. The summed E-state index contributed by atoms with van der Waals surface area (Å²) >= 11 is 1.50. The lowest BCUT2D eigenvalue weighted by Crippen LogP contribution is -2.41. The fourth-order valence-corrected chi connectivity index (χ4v) is 5.25. The lowest BCUT2D eigenvalue weighted by Gasteiger charge is -2.38. The third-order valence-corrected chi connectivity index (χ3v) is 7.36. The lowest BCUT2D eigenvalue weighted by atomic mass is 9.79. The summed E-state index contributed by atoms with van der Waals surface area (Å²) in [5.74, 6) is 0. The Bertz CT molecular complexity index is 543. The van der Waals surface area contributed by atoms with Crippen molar-refractivity contribution in [3.63, 3.8) is 0 Å². The van der Waals surface area contributed by atoms with Gasteiger partial charge in [-0.05, 0) is 31.4 Å². The molecule has 0 atom stereocenters. The molecule has 0 saturated carbocycles. The molecule has 2 rings (SSSR count). The summed E-state index contributed by atoms with van der Waals surface area (Å²) in [4.78, 5) is 1.51. The van der Waals surface area contributed by atoms with Crippen molar-refractivity contribution in [1.82, 2.24) is 9.62 Å². The van der Waals surface area contributed by atoms with Crippen LogP contribution in [0.2, 0.25) is 0 Å².